The van der Waals surface area contributed by atoms with E-state index < -0.39 is 0 Å². The Bertz CT molecular complexity index is 716. The molecule has 0 spiro atoms. The molecule has 1 aliphatic heterocycles. The fourth-order valence-corrected chi connectivity index (χ4v) is 3.20. The van der Waals surface area contributed by atoms with Gasteiger partial charge in [0.05, 0.1) is 12.7 Å². The van der Waals surface area contributed by atoms with Gasteiger partial charge >= 0.3 is 5.97 Å². The first kappa shape index (κ1) is 13.9. The highest BCUT2D eigenvalue weighted by molar-refractivity contribution is 5.96. The minimum absolute atomic E-state index is 0.133. The minimum Gasteiger partial charge on any atom is -0.488 e. The summed E-state index contributed by atoms with van der Waals surface area (Å²) < 4.78 is 10.9. The highest BCUT2D eigenvalue weighted by atomic mass is 16.5. The molecule has 1 atom stereocenters. The fraction of sp³-hybridized carbons (Fsp3) is 0.389. The Morgan fingerprint density at radius 2 is 2.00 bits per heavy atom. The zero-order valence-corrected chi connectivity index (χ0v) is 12.9. The Morgan fingerprint density at radius 1 is 1.24 bits per heavy atom. The maximum Gasteiger partial charge on any atom is 0.337 e. The lowest BCUT2D eigenvalue weighted by molar-refractivity contribution is 0.0601. The number of benzene rings is 2. The number of ether oxygens (including phenoxy) is 2. The SMILES string of the molecule is COC(=O)c1ccc2cc3c(cc2c1)C(C)CC(C)(C)O3. The second-order valence-corrected chi connectivity index (χ2v) is 6.41. The second-order valence-electron chi connectivity index (χ2n) is 6.41. The summed E-state index contributed by atoms with van der Waals surface area (Å²) in [5, 5.41) is 2.12. The van der Waals surface area contributed by atoms with Crippen molar-refractivity contribution >= 4 is 16.7 Å². The molecular weight excluding hydrogens is 264 g/mol. The van der Waals surface area contributed by atoms with Gasteiger partial charge in [-0.25, -0.2) is 4.79 Å². The van der Waals surface area contributed by atoms with E-state index in [0.29, 0.717) is 11.5 Å². The van der Waals surface area contributed by atoms with Gasteiger partial charge in [-0.3, -0.25) is 0 Å². The number of carbonyl (C=O) groups is 1. The predicted octanol–water partition coefficient (Wildman–Crippen LogP) is 4.29. The van der Waals surface area contributed by atoms with Crippen LogP contribution in [0.2, 0.25) is 0 Å². The highest BCUT2D eigenvalue weighted by Gasteiger charge is 2.31. The summed E-state index contributed by atoms with van der Waals surface area (Å²) in [7, 11) is 1.40. The summed E-state index contributed by atoms with van der Waals surface area (Å²) in [4.78, 5) is 11.6. The lowest BCUT2D eigenvalue weighted by Crippen LogP contribution is -2.34. The smallest absolute Gasteiger partial charge is 0.337 e. The van der Waals surface area contributed by atoms with Crippen LogP contribution in [-0.4, -0.2) is 18.7 Å². The van der Waals surface area contributed by atoms with E-state index in [-0.39, 0.29) is 11.6 Å². The van der Waals surface area contributed by atoms with Crippen LogP contribution < -0.4 is 4.74 Å². The van der Waals surface area contributed by atoms with E-state index in [9.17, 15) is 4.79 Å². The van der Waals surface area contributed by atoms with Gasteiger partial charge in [-0.15, -0.1) is 0 Å². The normalized spacial score (nSPS) is 19.7. The molecule has 1 aliphatic rings. The van der Waals surface area contributed by atoms with Gasteiger partial charge in [0, 0.05) is 0 Å². The quantitative estimate of drug-likeness (QED) is 0.733. The molecule has 0 radical (unpaired) electrons. The van der Waals surface area contributed by atoms with Crippen LogP contribution in [0, 0.1) is 0 Å². The topological polar surface area (TPSA) is 35.5 Å². The first-order valence-corrected chi connectivity index (χ1v) is 7.25. The van der Waals surface area contributed by atoms with Crippen LogP contribution >= 0.6 is 0 Å². The van der Waals surface area contributed by atoms with Crippen LogP contribution in [0.15, 0.2) is 30.3 Å². The van der Waals surface area contributed by atoms with Crippen LogP contribution in [0.5, 0.6) is 5.75 Å². The number of fused-ring (bicyclic) bond motifs is 2. The number of rotatable bonds is 1. The molecule has 0 aliphatic carbocycles. The van der Waals surface area contributed by atoms with Crippen molar-refractivity contribution in [2.24, 2.45) is 0 Å². The Balaban J connectivity index is 2.13. The third-order valence-electron chi connectivity index (χ3n) is 4.10. The summed E-state index contributed by atoms with van der Waals surface area (Å²) in [6, 6.07) is 9.82. The van der Waals surface area contributed by atoms with E-state index in [1.807, 2.05) is 12.1 Å². The van der Waals surface area contributed by atoms with Crippen LogP contribution in [0.4, 0.5) is 0 Å². The van der Waals surface area contributed by atoms with E-state index >= 15 is 0 Å². The van der Waals surface area contributed by atoms with E-state index in [2.05, 4.69) is 32.9 Å². The molecule has 0 amide bonds. The van der Waals surface area contributed by atoms with Gasteiger partial charge in [-0.2, -0.15) is 0 Å². The summed E-state index contributed by atoms with van der Waals surface area (Å²) in [6.45, 7) is 6.47. The minimum atomic E-state index is -0.306. The van der Waals surface area contributed by atoms with Crippen molar-refractivity contribution in [2.75, 3.05) is 7.11 Å². The molecule has 0 N–H and O–H groups in total. The number of hydrogen-bond donors (Lipinski definition) is 0. The first-order chi connectivity index (χ1) is 9.89. The van der Waals surface area contributed by atoms with Crippen molar-refractivity contribution in [1.29, 1.82) is 0 Å². The number of methoxy groups -OCH3 is 1. The van der Waals surface area contributed by atoms with E-state index in [1.165, 1.54) is 12.7 Å². The molecule has 3 nitrogen and oxygen atoms in total. The van der Waals surface area contributed by atoms with E-state index in [1.54, 1.807) is 6.07 Å². The Kier molecular flexibility index (Phi) is 3.16. The average molecular weight is 284 g/mol. The number of hydrogen-bond acceptors (Lipinski definition) is 3. The Morgan fingerprint density at radius 3 is 2.71 bits per heavy atom. The zero-order valence-electron chi connectivity index (χ0n) is 12.9. The van der Waals surface area contributed by atoms with Crippen molar-refractivity contribution in [3.63, 3.8) is 0 Å². The maximum absolute atomic E-state index is 11.6. The molecule has 1 unspecified atom stereocenters. The molecular formula is C18H20O3. The zero-order chi connectivity index (χ0) is 15.2. The summed E-state index contributed by atoms with van der Waals surface area (Å²) >= 11 is 0. The molecule has 0 bridgehead atoms. The predicted molar refractivity (Wildman–Crippen MR) is 83.0 cm³/mol. The molecule has 1 heterocycles. The van der Waals surface area contributed by atoms with Gasteiger partial charge in [0.1, 0.15) is 11.4 Å². The van der Waals surface area contributed by atoms with Gasteiger partial charge in [-0.05, 0) is 66.8 Å². The van der Waals surface area contributed by atoms with Crippen LogP contribution in [0.1, 0.15) is 49.0 Å². The van der Waals surface area contributed by atoms with Crippen molar-refractivity contribution in [3.05, 3.63) is 41.5 Å². The molecule has 2 aromatic carbocycles. The van der Waals surface area contributed by atoms with Gasteiger partial charge in [0.15, 0.2) is 0 Å². The molecule has 2 aromatic rings. The van der Waals surface area contributed by atoms with Crippen molar-refractivity contribution in [1.82, 2.24) is 0 Å². The monoisotopic (exact) mass is 284 g/mol. The van der Waals surface area contributed by atoms with Crippen molar-refractivity contribution < 1.29 is 14.3 Å². The fourth-order valence-electron chi connectivity index (χ4n) is 3.20. The molecule has 0 aromatic heterocycles. The molecule has 0 saturated carbocycles. The van der Waals surface area contributed by atoms with Gasteiger partial charge in [0.25, 0.3) is 0 Å². The second kappa shape index (κ2) is 4.76. The average Bonchev–Trinajstić information content (AvgIpc) is 2.43. The summed E-state index contributed by atoms with van der Waals surface area (Å²) in [5.74, 6) is 1.09. The van der Waals surface area contributed by atoms with Gasteiger partial charge in [0.2, 0.25) is 0 Å². The van der Waals surface area contributed by atoms with Gasteiger partial charge in [-0.1, -0.05) is 13.0 Å². The van der Waals surface area contributed by atoms with Crippen LogP contribution in [-0.2, 0) is 4.74 Å². The van der Waals surface area contributed by atoms with Crippen LogP contribution in [0.3, 0.4) is 0 Å². The molecule has 3 rings (SSSR count). The molecule has 110 valence electrons. The lowest BCUT2D eigenvalue weighted by Gasteiger charge is -2.36. The van der Waals surface area contributed by atoms with Gasteiger partial charge < -0.3 is 9.47 Å². The molecule has 0 fully saturated rings. The standard InChI is InChI=1S/C18H20O3/c1-11-10-18(2,3)21-16-9-12-5-6-13(17(19)20-4)7-14(12)8-15(11)16/h5-9,11H,10H2,1-4H3. The number of carbonyl (C=O) groups excluding carboxylic acids is 1. The molecule has 3 heteroatoms. The molecule has 21 heavy (non-hydrogen) atoms. The summed E-state index contributed by atoms with van der Waals surface area (Å²) in [5.41, 5.74) is 1.66. The highest BCUT2D eigenvalue weighted by Crippen LogP contribution is 2.42. The Hall–Kier alpha value is -2.03. The summed E-state index contributed by atoms with van der Waals surface area (Å²) in [6.07, 6.45) is 0.988. The maximum atomic E-state index is 11.6. The molecule has 0 saturated heterocycles. The van der Waals surface area contributed by atoms with Crippen LogP contribution in [0.25, 0.3) is 10.8 Å². The third kappa shape index (κ3) is 2.48. The largest absolute Gasteiger partial charge is 0.488 e. The van der Waals surface area contributed by atoms with Crippen molar-refractivity contribution in [3.8, 4) is 5.75 Å². The van der Waals surface area contributed by atoms with E-state index in [0.717, 1.165) is 22.9 Å². The first-order valence-electron chi connectivity index (χ1n) is 7.25. The van der Waals surface area contributed by atoms with Crippen molar-refractivity contribution in [2.45, 2.75) is 38.7 Å². The van der Waals surface area contributed by atoms with E-state index in [4.69, 9.17) is 9.47 Å². The lowest BCUT2D eigenvalue weighted by atomic mass is 9.84. The Labute approximate surface area is 124 Å². The third-order valence-corrected chi connectivity index (χ3v) is 4.10. The number of esters is 1.